The quantitative estimate of drug-likeness (QED) is 0.488. The molecule has 0 aliphatic rings. The van der Waals surface area contributed by atoms with Crippen LogP contribution in [0.5, 0.6) is 0 Å². The number of anilines is 1. The Morgan fingerprint density at radius 3 is 2.48 bits per heavy atom. The third kappa shape index (κ3) is 5.05. The van der Waals surface area contributed by atoms with Crippen molar-refractivity contribution in [3.05, 3.63) is 81.5 Å². The van der Waals surface area contributed by atoms with E-state index in [4.69, 9.17) is 0 Å². The van der Waals surface area contributed by atoms with Crippen molar-refractivity contribution >= 4 is 27.2 Å². The average Bonchev–Trinajstić information content (AvgIpc) is 3.00. The molecule has 0 saturated heterocycles. The number of hydrogen-bond acceptors (Lipinski definition) is 6. The molecule has 3 aromatic rings. The standard InChI is InChI=1S/C19H18N4O5S/c1-13-10-18(22(21-13)16-6-8-17(9-7-16)23(25)26)20-19(24)15-5-3-4-14(11-15)12-29(2,27)28/h3-11H,12H2,1-2H3,(H,20,24). The van der Waals surface area contributed by atoms with E-state index in [0.717, 1.165) is 6.26 Å². The Labute approximate surface area is 167 Å². The Bertz CT molecular complexity index is 1180. The van der Waals surface area contributed by atoms with E-state index in [0.29, 0.717) is 28.3 Å². The summed E-state index contributed by atoms with van der Waals surface area (Å²) in [5, 5.41) is 17.9. The molecule has 0 aliphatic carbocycles. The number of non-ortho nitro benzene ring substituents is 1. The van der Waals surface area contributed by atoms with Crippen molar-refractivity contribution < 1.29 is 18.1 Å². The number of benzene rings is 2. The lowest BCUT2D eigenvalue weighted by atomic mass is 10.1. The van der Waals surface area contributed by atoms with E-state index in [1.54, 1.807) is 31.2 Å². The monoisotopic (exact) mass is 414 g/mol. The Balaban J connectivity index is 1.87. The molecule has 150 valence electrons. The summed E-state index contributed by atoms with van der Waals surface area (Å²) in [4.78, 5) is 23.0. The first kappa shape index (κ1) is 20.2. The molecular formula is C19H18N4O5S. The number of aryl methyl sites for hydroxylation is 1. The zero-order valence-corrected chi connectivity index (χ0v) is 16.5. The molecule has 9 nitrogen and oxygen atoms in total. The summed E-state index contributed by atoms with van der Waals surface area (Å²) in [6.45, 7) is 1.75. The zero-order chi connectivity index (χ0) is 21.2. The van der Waals surface area contributed by atoms with Crippen molar-refractivity contribution in [2.24, 2.45) is 0 Å². The van der Waals surface area contributed by atoms with Gasteiger partial charge in [0.2, 0.25) is 0 Å². The van der Waals surface area contributed by atoms with Gasteiger partial charge in [-0.15, -0.1) is 0 Å². The molecule has 0 radical (unpaired) electrons. The Hall–Kier alpha value is -3.53. The molecule has 0 atom stereocenters. The van der Waals surface area contributed by atoms with E-state index >= 15 is 0 Å². The minimum Gasteiger partial charge on any atom is -0.306 e. The lowest BCUT2D eigenvalue weighted by Crippen LogP contribution is -2.15. The van der Waals surface area contributed by atoms with Gasteiger partial charge in [-0.1, -0.05) is 12.1 Å². The molecule has 1 N–H and O–H groups in total. The van der Waals surface area contributed by atoms with Gasteiger partial charge in [0.1, 0.15) is 5.82 Å². The largest absolute Gasteiger partial charge is 0.306 e. The Morgan fingerprint density at radius 2 is 1.86 bits per heavy atom. The molecule has 0 fully saturated rings. The van der Waals surface area contributed by atoms with Gasteiger partial charge in [-0.2, -0.15) is 5.10 Å². The third-order valence-corrected chi connectivity index (χ3v) is 4.85. The van der Waals surface area contributed by atoms with Crippen molar-refractivity contribution in [2.45, 2.75) is 12.7 Å². The van der Waals surface area contributed by atoms with Gasteiger partial charge in [0, 0.05) is 30.0 Å². The molecule has 10 heteroatoms. The minimum absolute atomic E-state index is 0.0501. The van der Waals surface area contributed by atoms with Gasteiger partial charge >= 0.3 is 0 Å². The SMILES string of the molecule is Cc1cc(NC(=O)c2cccc(CS(C)(=O)=O)c2)n(-c2ccc([N+](=O)[O-])cc2)n1. The van der Waals surface area contributed by atoms with Crippen LogP contribution in [0.15, 0.2) is 54.6 Å². The molecule has 1 amide bonds. The summed E-state index contributed by atoms with van der Waals surface area (Å²) < 4.78 is 24.4. The van der Waals surface area contributed by atoms with Crippen molar-refractivity contribution in [1.29, 1.82) is 0 Å². The van der Waals surface area contributed by atoms with Gasteiger partial charge < -0.3 is 5.32 Å². The van der Waals surface area contributed by atoms with Gasteiger partial charge in [0.25, 0.3) is 11.6 Å². The second-order valence-electron chi connectivity index (χ2n) is 6.58. The molecule has 29 heavy (non-hydrogen) atoms. The number of carbonyl (C=O) groups excluding carboxylic acids is 1. The van der Waals surface area contributed by atoms with Crippen LogP contribution in [0.4, 0.5) is 11.5 Å². The number of nitrogens with one attached hydrogen (secondary N) is 1. The molecule has 0 aliphatic heterocycles. The predicted octanol–water partition coefficient (Wildman–Crippen LogP) is 2.89. The molecule has 1 heterocycles. The van der Waals surface area contributed by atoms with E-state index in [2.05, 4.69) is 10.4 Å². The molecule has 0 spiro atoms. The molecular weight excluding hydrogens is 396 g/mol. The lowest BCUT2D eigenvalue weighted by Gasteiger charge is -2.10. The number of nitro benzene ring substituents is 1. The highest BCUT2D eigenvalue weighted by atomic mass is 32.2. The highest BCUT2D eigenvalue weighted by molar-refractivity contribution is 7.89. The fourth-order valence-corrected chi connectivity index (χ4v) is 3.58. The summed E-state index contributed by atoms with van der Waals surface area (Å²) in [5.74, 6) is -0.202. The summed E-state index contributed by atoms with van der Waals surface area (Å²) in [5.41, 5.74) is 1.96. The first-order chi connectivity index (χ1) is 13.6. The lowest BCUT2D eigenvalue weighted by molar-refractivity contribution is -0.384. The van der Waals surface area contributed by atoms with Crippen LogP contribution in [0.3, 0.4) is 0 Å². The summed E-state index contributed by atoms with van der Waals surface area (Å²) in [6, 6.07) is 13.8. The minimum atomic E-state index is -3.22. The number of nitrogens with zero attached hydrogens (tertiary/aromatic N) is 3. The molecule has 0 bridgehead atoms. The summed E-state index contributed by atoms with van der Waals surface area (Å²) in [6.07, 6.45) is 1.13. The van der Waals surface area contributed by atoms with Crippen LogP contribution in [0.1, 0.15) is 21.6 Å². The van der Waals surface area contributed by atoms with Gasteiger partial charge in [0.15, 0.2) is 9.84 Å². The van der Waals surface area contributed by atoms with Crippen LogP contribution in [0, 0.1) is 17.0 Å². The van der Waals surface area contributed by atoms with Gasteiger partial charge in [-0.05, 0) is 36.8 Å². The van der Waals surface area contributed by atoms with E-state index in [1.807, 2.05) is 0 Å². The number of nitro groups is 1. The van der Waals surface area contributed by atoms with Crippen LogP contribution in [-0.2, 0) is 15.6 Å². The highest BCUT2D eigenvalue weighted by Gasteiger charge is 2.15. The maximum atomic E-state index is 12.7. The fourth-order valence-electron chi connectivity index (χ4n) is 2.79. The molecule has 0 unspecified atom stereocenters. The van der Waals surface area contributed by atoms with Crippen LogP contribution in [0.2, 0.25) is 0 Å². The third-order valence-electron chi connectivity index (χ3n) is 4.00. The number of amides is 1. The van der Waals surface area contributed by atoms with Crippen LogP contribution >= 0.6 is 0 Å². The van der Waals surface area contributed by atoms with Crippen LogP contribution < -0.4 is 5.32 Å². The smallest absolute Gasteiger partial charge is 0.269 e. The van der Waals surface area contributed by atoms with Gasteiger partial charge in [0.05, 0.1) is 22.1 Å². The normalized spacial score (nSPS) is 11.2. The van der Waals surface area contributed by atoms with Crippen LogP contribution in [0.25, 0.3) is 5.69 Å². The topological polar surface area (TPSA) is 124 Å². The molecule has 0 saturated carbocycles. The second kappa shape index (κ2) is 7.84. The van der Waals surface area contributed by atoms with Gasteiger partial charge in [-0.25, -0.2) is 13.1 Å². The number of aromatic nitrogens is 2. The van der Waals surface area contributed by atoms with Crippen LogP contribution in [-0.4, -0.2) is 35.3 Å². The van der Waals surface area contributed by atoms with E-state index in [1.165, 1.54) is 35.0 Å². The average molecular weight is 414 g/mol. The van der Waals surface area contributed by atoms with Crippen molar-refractivity contribution in [3.8, 4) is 5.69 Å². The van der Waals surface area contributed by atoms with Crippen molar-refractivity contribution in [1.82, 2.24) is 9.78 Å². The number of sulfone groups is 1. The molecule has 2 aromatic carbocycles. The predicted molar refractivity (Wildman–Crippen MR) is 108 cm³/mol. The second-order valence-corrected chi connectivity index (χ2v) is 8.72. The fraction of sp³-hybridized carbons (Fsp3) is 0.158. The van der Waals surface area contributed by atoms with E-state index in [9.17, 15) is 23.3 Å². The van der Waals surface area contributed by atoms with E-state index < -0.39 is 20.7 Å². The first-order valence-electron chi connectivity index (χ1n) is 8.52. The van der Waals surface area contributed by atoms with E-state index in [-0.39, 0.29) is 11.4 Å². The van der Waals surface area contributed by atoms with Crippen molar-refractivity contribution in [3.63, 3.8) is 0 Å². The highest BCUT2D eigenvalue weighted by Crippen LogP contribution is 2.21. The maximum absolute atomic E-state index is 12.7. The molecule has 1 aromatic heterocycles. The number of rotatable bonds is 6. The number of carbonyl (C=O) groups is 1. The zero-order valence-electron chi connectivity index (χ0n) is 15.7. The summed E-state index contributed by atoms with van der Waals surface area (Å²) in [7, 11) is -3.22. The summed E-state index contributed by atoms with van der Waals surface area (Å²) >= 11 is 0. The van der Waals surface area contributed by atoms with Gasteiger partial charge in [-0.3, -0.25) is 14.9 Å². The maximum Gasteiger partial charge on any atom is 0.269 e. The number of hydrogen-bond donors (Lipinski definition) is 1. The Morgan fingerprint density at radius 1 is 1.17 bits per heavy atom. The first-order valence-corrected chi connectivity index (χ1v) is 10.6. The molecule has 3 rings (SSSR count). The Kier molecular flexibility index (Phi) is 5.46. The van der Waals surface area contributed by atoms with Crippen molar-refractivity contribution in [2.75, 3.05) is 11.6 Å².